The van der Waals surface area contributed by atoms with Crippen molar-refractivity contribution in [2.24, 2.45) is 5.92 Å². The number of halogens is 1. The average Bonchev–Trinajstić information content (AvgIpc) is 3.49. The number of nitro groups is 1. The largest absolute Gasteiger partial charge is 0.352 e. The van der Waals surface area contributed by atoms with Crippen LogP contribution in [-0.2, 0) is 10.2 Å². The number of allylic oxidation sites excluding steroid dienone is 1. The number of hydrogen-bond acceptors (Lipinski definition) is 6. The number of nitrogens with one attached hydrogen (secondary N) is 1. The minimum atomic E-state index is -1.46. The fourth-order valence-electron chi connectivity index (χ4n) is 7.10. The van der Waals surface area contributed by atoms with E-state index in [-0.39, 0.29) is 22.9 Å². The summed E-state index contributed by atoms with van der Waals surface area (Å²) in [5, 5.41) is 14.8. The SMILES string of the molecule is CC1=C[C@@H]2N(c3ccccc31)[C@@H](C(=O)c1ccc([N+](=O)[O-])cc1)[C@@H](C(=O)c1ccc(Cl)cc1)[C@@]21C(=O)Nc2ccccc21. The maximum absolute atomic E-state index is 14.8. The summed E-state index contributed by atoms with van der Waals surface area (Å²) in [6.45, 7) is 1.96. The third kappa shape index (κ3) is 3.79. The Bertz CT molecular complexity index is 1880. The Labute approximate surface area is 251 Å². The molecule has 3 aliphatic heterocycles. The number of carbonyl (C=O) groups is 3. The third-order valence-electron chi connectivity index (χ3n) is 8.93. The van der Waals surface area contributed by atoms with Gasteiger partial charge in [-0.1, -0.05) is 54.1 Å². The normalized spacial score (nSPS) is 23.2. The molecule has 0 unspecified atom stereocenters. The quantitative estimate of drug-likeness (QED) is 0.162. The molecule has 0 aliphatic carbocycles. The van der Waals surface area contributed by atoms with Crippen LogP contribution in [0.15, 0.2) is 103 Å². The van der Waals surface area contributed by atoms with E-state index in [1.54, 1.807) is 30.3 Å². The van der Waals surface area contributed by atoms with Crippen LogP contribution in [0.25, 0.3) is 5.57 Å². The molecule has 1 saturated heterocycles. The van der Waals surface area contributed by atoms with E-state index in [1.165, 1.54) is 24.3 Å². The van der Waals surface area contributed by atoms with Gasteiger partial charge in [-0.15, -0.1) is 0 Å². The average molecular weight is 590 g/mol. The molecule has 1 amide bonds. The smallest absolute Gasteiger partial charge is 0.269 e. The summed E-state index contributed by atoms with van der Waals surface area (Å²) in [4.78, 5) is 56.6. The summed E-state index contributed by atoms with van der Waals surface area (Å²) < 4.78 is 0. The number of non-ortho nitro benzene ring substituents is 1. The number of rotatable bonds is 5. The molecular formula is C34H24ClN3O5. The number of amides is 1. The summed E-state index contributed by atoms with van der Waals surface area (Å²) in [6, 6.07) is 24.9. The van der Waals surface area contributed by atoms with Crippen LogP contribution in [0.5, 0.6) is 0 Å². The maximum atomic E-state index is 14.8. The van der Waals surface area contributed by atoms with E-state index in [1.807, 2.05) is 60.4 Å². The molecule has 0 bridgehead atoms. The summed E-state index contributed by atoms with van der Waals surface area (Å²) in [7, 11) is 0. The molecule has 1 N–H and O–H groups in total. The number of anilines is 2. The number of benzene rings is 4. The van der Waals surface area contributed by atoms with E-state index in [9.17, 15) is 24.5 Å². The van der Waals surface area contributed by atoms with Crippen LogP contribution < -0.4 is 10.2 Å². The predicted molar refractivity (Wildman–Crippen MR) is 164 cm³/mol. The first-order valence-corrected chi connectivity index (χ1v) is 14.2. The summed E-state index contributed by atoms with van der Waals surface area (Å²) in [6.07, 6.45) is 1.98. The van der Waals surface area contributed by atoms with Crippen molar-refractivity contribution >= 4 is 51.7 Å². The Hall–Kier alpha value is -5.08. The highest BCUT2D eigenvalue weighted by molar-refractivity contribution is 6.30. The van der Waals surface area contributed by atoms with Crippen LogP contribution in [0.4, 0.5) is 17.1 Å². The lowest BCUT2D eigenvalue weighted by Gasteiger charge is -2.39. The molecule has 4 atom stereocenters. The van der Waals surface area contributed by atoms with Crippen LogP contribution >= 0.6 is 11.6 Å². The van der Waals surface area contributed by atoms with Crippen molar-refractivity contribution in [2.45, 2.75) is 24.4 Å². The lowest BCUT2D eigenvalue weighted by atomic mass is 9.64. The van der Waals surface area contributed by atoms with Gasteiger partial charge in [0.1, 0.15) is 11.5 Å². The zero-order valence-corrected chi connectivity index (χ0v) is 23.6. The molecule has 4 aromatic carbocycles. The van der Waals surface area contributed by atoms with E-state index in [4.69, 9.17) is 11.6 Å². The lowest BCUT2D eigenvalue weighted by molar-refractivity contribution is -0.384. The Morgan fingerprint density at radius 1 is 0.884 bits per heavy atom. The second kappa shape index (κ2) is 9.74. The number of para-hydroxylation sites is 2. The third-order valence-corrected chi connectivity index (χ3v) is 9.18. The molecule has 0 aromatic heterocycles. The highest BCUT2D eigenvalue weighted by Gasteiger charge is 2.70. The van der Waals surface area contributed by atoms with Gasteiger partial charge >= 0.3 is 0 Å². The molecule has 43 heavy (non-hydrogen) atoms. The molecule has 0 saturated carbocycles. The Kier molecular flexibility index (Phi) is 6.07. The predicted octanol–water partition coefficient (Wildman–Crippen LogP) is 6.49. The summed E-state index contributed by atoms with van der Waals surface area (Å²) >= 11 is 6.16. The molecule has 1 spiro atoms. The minimum Gasteiger partial charge on any atom is -0.352 e. The van der Waals surface area contributed by atoms with E-state index in [2.05, 4.69) is 5.32 Å². The van der Waals surface area contributed by atoms with Crippen LogP contribution in [0.3, 0.4) is 0 Å². The van der Waals surface area contributed by atoms with Crippen molar-refractivity contribution in [1.82, 2.24) is 0 Å². The molecule has 0 radical (unpaired) electrons. The fraction of sp³-hybridized carbons (Fsp3) is 0.147. The zero-order chi connectivity index (χ0) is 30.0. The first kappa shape index (κ1) is 26.8. The number of nitrogens with zero attached hydrogens (tertiary/aromatic N) is 2. The van der Waals surface area contributed by atoms with Crippen LogP contribution in [0.2, 0.25) is 5.02 Å². The molecule has 1 fully saturated rings. The van der Waals surface area contributed by atoms with E-state index in [0.29, 0.717) is 21.8 Å². The molecule has 3 heterocycles. The molecule has 4 aromatic rings. The van der Waals surface area contributed by atoms with Crippen molar-refractivity contribution in [3.8, 4) is 0 Å². The summed E-state index contributed by atoms with van der Waals surface area (Å²) in [5.74, 6) is -2.30. The van der Waals surface area contributed by atoms with Gasteiger partial charge in [-0.25, -0.2) is 0 Å². The second-order valence-corrected chi connectivity index (χ2v) is 11.5. The van der Waals surface area contributed by atoms with Gasteiger partial charge in [0.05, 0.1) is 16.9 Å². The molecular weight excluding hydrogens is 566 g/mol. The fourth-order valence-corrected chi connectivity index (χ4v) is 7.23. The molecule has 7 rings (SSSR count). The highest BCUT2D eigenvalue weighted by atomic mass is 35.5. The number of carbonyl (C=O) groups excluding carboxylic acids is 3. The van der Waals surface area contributed by atoms with Gasteiger partial charge in [-0.3, -0.25) is 24.5 Å². The standard InChI is InChI=1S/C34H24ClN3O5/c1-19-18-28-34(25-7-3-4-8-26(25)36-33(34)41)29(31(39)20-10-14-22(35)15-11-20)30(37(28)27-9-5-2-6-24(19)27)32(40)21-12-16-23(17-13-21)38(42)43/h2-18,28-30H,1H3,(H,36,41)/t28-,29-,30+,34-/m0/s1. The Balaban J connectivity index is 1.53. The molecule has 9 heteroatoms. The Morgan fingerprint density at radius 3 is 2.23 bits per heavy atom. The minimum absolute atomic E-state index is 0.155. The second-order valence-electron chi connectivity index (χ2n) is 11.0. The van der Waals surface area contributed by atoms with Gasteiger partial charge in [0.25, 0.3) is 5.69 Å². The van der Waals surface area contributed by atoms with Crippen molar-refractivity contribution in [3.05, 3.63) is 141 Å². The molecule has 8 nitrogen and oxygen atoms in total. The van der Waals surface area contributed by atoms with Crippen LogP contribution in [0.1, 0.15) is 38.8 Å². The van der Waals surface area contributed by atoms with Crippen molar-refractivity contribution in [1.29, 1.82) is 0 Å². The van der Waals surface area contributed by atoms with Crippen LogP contribution in [0, 0.1) is 16.0 Å². The number of fused-ring (bicyclic) bond motifs is 6. The molecule has 3 aliphatic rings. The number of Topliss-reactive ketones (excluding diaryl/α,β-unsaturated/α-hetero) is 2. The van der Waals surface area contributed by atoms with E-state index >= 15 is 0 Å². The van der Waals surface area contributed by atoms with Gasteiger partial charge in [0.2, 0.25) is 5.91 Å². The van der Waals surface area contributed by atoms with Crippen molar-refractivity contribution < 1.29 is 19.3 Å². The first-order valence-electron chi connectivity index (χ1n) is 13.8. The van der Waals surface area contributed by atoms with Crippen molar-refractivity contribution in [2.75, 3.05) is 10.2 Å². The van der Waals surface area contributed by atoms with Crippen LogP contribution in [-0.4, -0.2) is 34.5 Å². The van der Waals surface area contributed by atoms with Gasteiger partial charge < -0.3 is 10.2 Å². The Morgan fingerprint density at radius 2 is 1.51 bits per heavy atom. The number of nitro benzene ring substituents is 1. The zero-order valence-electron chi connectivity index (χ0n) is 22.9. The first-order chi connectivity index (χ1) is 20.7. The lowest BCUT2D eigenvalue weighted by Crippen LogP contribution is -2.51. The van der Waals surface area contributed by atoms with Gasteiger partial charge in [-0.2, -0.15) is 0 Å². The number of hydrogen-bond donors (Lipinski definition) is 1. The number of ketones is 2. The monoisotopic (exact) mass is 589 g/mol. The van der Waals surface area contributed by atoms with Gasteiger partial charge in [0, 0.05) is 45.2 Å². The van der Waals surface area contributed by atoms with E-state index < -0.39 is 34.1 Å². The summed E-state index contributed by atoms with van der Waals surface area (Å²) in [5.41, 5.74) is 2.70. The van der Waals surface area contributed by atoms with Crippen molar-refractivity contribution in [3.63, 3.8) is 0 Å². The van der Waals surface area contributed by atoms with Gasteiger partial charge in [-0.05, 0) is 66.6 Å². The topological polar surface area (TPSA) is 110 Å². The molecule has 212 valence electrons. The van der Waals surface area contributed by atoms with E-state index in [0.717, 1.165) is 16.8 Å². The highest BCUT2D eigenvalue weighted by Crippen LogP contribution is 2.58. The maximum Gasteiger partial charge on any atom is 0.269 e. The van der Waals surface area contributed by atoms with Gasteiger partial charge in [0.15, 0.2) is 11.6 Å².